The second-order valence-electron chi connectivity index (χ2n) is 4.56. The number of hydrogen-bond acceptors (Lipinski definition) is 4. The lowest BCUT2D eigenvalue weighted by Gasteiger charge is -2.12. The number of thioether (sulfide) groups is 1. The first-order chi connectivity index (χ1) is 10.7. The highest BCUT2D eigenvalue weighted by Crippen LogP contribution is 2.35. The van der Waals surface area contributed by atoms with E-state index < -0.39 is 0 Å². The molecule has 0 saturated heterocycles. The molecule has 0 saturated carbocycles. The quantitative estimate of drug-likeness (QED) is 0.726. The molecule has 0 heterocycles. The van der Waals surface area contributed by atoms with Crippen LogP contribution < -0.4 is 9.47 Å². The Balaban J connectivity index is 2.07. The number of halogens is 1. The van der Waals surface area contributed by atoms with Crippen molar-refractivity contribution in [3.8, 4) is 17.6 Å². The number of rotatable bonds is 6. The third-order valence-corrected chi connectivity index (χ3v) is 4.97. The summed E-state index contributed by atoms with van der Waals surface area (Å²) in [7, 11) is 3.25. The van der Waals surface area contributed by atoms with E-state index in [4.69, 9.17) is 14.7 Å². The summed E-state index contributed by atoms with van der Waals surface area (Å²) < 4.78 is 11.6. The van der Waals surface area contributed by atoms with Crippen molar-refractivity contribution in [3.63, 3.8) is 0 Å². The summed E-state index contributed by atoms with van der Waals surface area (Å²) in [4.78, 5) is 0. The molecule has 2 rings (SSSR count). The van der Waals surface area contributed by atoms with Crippen molar-refractivity contribution in [3.05, 3.63) is 57.6 Å². The van der Waals surface area contributed by atoms with Gasteiger partial charge in [-0.05, 0) is 29.3 Å². The molecule has 0 aliphatic rings. The maximum absolute atomic E-state index is 9.11. The molecule has 0 unspecified atom stereocenters. The number of nitriles is 1. The zero-order valence-electron chi connectivity index (χ0n) is 12.4. The fourth-order valence-corrected chi connectivity index (χ4v) is 3.71. The van der Waals surface area contributed by atoms with E-state index >= 15 is 0 Å². The van der Waals surface area contributed by atoms with Gasteiger partial charge in [0.15, 0.2) is 11.5 Å². The maximum Gasteiger partial charge on any atom is 0.161 e. The van der Waals surface area contributed by atoms with Crippen molar-refractivity contribution in [2.45, 2.75) is 11.5 Å². The fourth-order valence-electron chi connectivity index (χ4n) is 2.03. The smallest absolute Gasteiger partial charge is 0.161 e. The Morgan fingerprint density at radius 3 is 2.36 bits per heavy atom. The zero-order valence-corrected chi connectivity index (χ0v) is 14.8. The van der Waals surface area contributed by atoms with E-state index in [0.717, 1.165) is 38.4 Å². The normalized spacial score (nSPS) is 10.1. The molecule has 0 amide bonds. The predicted molar refractivity (Wildman–Crippen MR) is 93.4 cm³/mol. The molecule has 0 bridgehead atoms. The van der Waals surface area contributed by atoms with Crippen molar-refractivity contribution >= 4 is 27.7 Å². The molecule has 2 aromatic rings. The first-order valence-corrected chi connectivity index (χ1v) is 8.60. The number of benzene rings is 2. The van der Waals surface area contributed by atoms with Crippen molar-refractivity contribution in [1.29, 1.82) is 5.26 Å². The van der Waals surface area contributed by atoms with Gasteiger partial charge in [0.2, 0.25) is 0 Å². The second kappa shape index (κ2) is 8.11. The third kappa shape index (κ3) is 3.96. The van der Waals surface area contributed by atoms with Gasteiger partial charge in [0.1, 0.15) is 0 Å². The molecule has 0 aliphatic carbocycles. The van der Waals surface area contributed by atoms with Crippen molar-refractivity contribution in [1.82, 2.24) is 0 Å². The van der Waals surface area contributed by atoms with Crippen LogP contribution in [0.5, 0.6) is 11.5 Å². The van der Waals surface area contributed by atoms with Gasteiger partial charge in [-0.2, -0.15) is 17.0 Å². The average molecular weight is 378 g/mol. The lowest BCUT2D eigenvalue weighted by Crippen LogP contribution is -1.94. The average Bonchev–Trinajstić information content (AvgIpc) is 2.56. The van der Waals surface area contributed by atoms with Crippen LogP contribution in [-0.2, 0) is 11.5 Å². The number of methoxy groups -OCH3 is 2. The van der Waals surface area contributed by atoms with Crippen LogP contribution in [0.25, 0.3) is 0 Å². The first-order valence-electron chi connectivity index (χ1n) is 6.65. The molecular formula is C17H16BrNO2S. The molecule has 0 fully saturated rings. The van der Waals surface area contributed by atoms with Gasteiger partial charge in [0.25, 0.3) is 0 Å². The first kappa shape index (κ1) is 16.7. The van der Waals surface area contributed by atoms with Gasteiger partial charge in [0.05, 0.1) is 25.9 Å². The zero-order chi connectivity index (χ0) is 15.9. The molecule has 0 aromatic heterocycles. The van der Waals surface area contributed by atoms with Gasteiger partial charge in [-0.25, -0.2) is 0 Å². The molecular weight excluding hydrogens is 362 g/mol. The molecule has 0 spiro atoms. The van der Waals surface area contributed by atoms with E-state index in [-0.39, 0.29) is 0 Å². The van der Waals surface area contributed by atoms with Gasteiger partial charge < -0.3 is 9.47 Å². The molecule has 2 aromatic carbocycles. The Labute approximate surface area is 143 Å². The minimum atomic E-state index is 0.706. The van der Waals surface area contributed by atoms with E-state index in [0.29, 0.717) is 5.75 Å². The van der Waals surface area contributed by atoms with Crippen LogP contribution in [0.2, 0.25) is 0 Å². The van der Waals surface area contributed by atoms with Crippen LogP contribution in [0.15, 0.2) is 40.9 Å². The van der Waals surface area contributed by atoms with E-state index in [2.05, 4.69) is 22.0 Å². The van der Waals surface area contributed by atoms with Crippen LogP contribution in [0, 0.1) is 11.3 Å². The van der Waals surface area contributed by atoms with Gasteiger partial charge in [-0.15, -0.1) is 0 Å². The number of ether oxygens (including phenoxy) is 2. The highest BCUT2D eigenvalue weighted by molar-refractivity contribution is 9.10. The Bertz CT molecular complexity index is 698. The lowest BCUT2D eigenvalue weighted by molar-refractivity contribution is 0.354. The van der Waals surface area contributed by atoms with Gasteiger partial charge in [-0.3, -0.25) is 0 Å². The summed E-state index contributed by atoms with van der Waals surface area (Å²) in [5, 5.41) is 9.11. The standard InChI is InChI=1S/C17H16BrNO2S/c1-20-16-7-14(15(18)8-17(16)21-2)11-22-10-13-6-4-3-5-12(13)9-19/h3-8H,10-11H2,1-2H3. The summed E-state index contributed by atoms with van der Waals surface area (Å²) in [5.74, 6) is 3.04. The van der Waals surface area contributed by atoms with Crippen LogP contribution in [0.3, 0.4) is 0 Å². The van der Waals surface area contributed by atoms with Crippen LogP contribution >= 0.6 is 27.7 Å². The largest absolute Gasteiger partial charge is 0.493 e. The predicted octanol–water partition coefficient (Wildman–Crippen LogP) is 4.77. The summed E-state index contributed by atoms with van der Waals surface area (Å²) in [6.07, 6.45) is 0. The Hall–Kier alpha value is -1.64. The fraction of sp³-hybridized carbons (Fsp3) is 0.235. The summed E-state index contributed by atoms with van der Waals surface area (Å²) in [5.41, 5.74) is 2.94. The molecule has 5 heteroatoms. The van der Waals surface area contributed by atoms with Crippen LogP contribution in [-0.4, -0.2) is 14.2 Å². The molecule has 22 heavy (non-hydrogen) atoms. The van der Waals surface area contributed by atoms with Crippen molar-refractivity contribution < 1.29 is 9.47 Å². The molecule has 114 valence electrons. The molecule has 3 nitrogen and oxygen atoms in total. The summed E-state index contributed by atoms with van der Waals surface area (Å²) in [6.45, 7) is 0. The highest BCUT2D eigenvalue weighted by Gasteiger charge is 2.10. The third-order valence-electron chi connectivity index (χ3n) is 3.21. The second-order valence-corrected chi connectivity index (χ2v) is 6.40. The monoisotopic (exact) mass is 377 g/mol. The summed E-state index contributed by atoms with van der Waals surface area (Å²) in [6, 6.07) is 13.8. The van der Waals surface area contributed by atoms with Crippen molar-refractivity contribution in [2.24, 2.45) is 0 Å². The number of nitrogens with zero attached hydrogens (tertiary/aromatic N) is 1. The van der Waals surface area contributed by atoms with Crippen LogP contribution in [0.1, 0.15) is 16.7 Å². The van der Waals surface area contributed by atoms with E-state index in [9.17, 15) is 0 Å². The minimum Gasteiger partial charge on any atom is -0.493 e. The topological polar surface area (TPSA) is 42.2 Å². The molecule has 0 radical (unpaired) electrons. The van der Waals surface area contributed by atoms with E-state index in [1.807, 2.05) is 36.4 Å². The summed E-state index contributed by atoms with van der Waals surface area (Å²) >= 11 is 5.32. The number of hydrogen-bond donors (Lipinski definition) is 0. The minimum absolute atomic E-state index is 0.706. The maximum atomic E-state index is 9.11. The van der Waals surface area contributed by atoms with E-state index in [1.54, 1.807) is 26.0 Å². The molecule has 0 N–H and O–H groups in total. The van der Waals surface area contributed by atoms with Crippen LogP contribution in [0.4, 0.5) is 0 Å². The van der Waals surface area contributed by atoms with Gasteiger partial charge in [0, 0.05) is 16.0 Å². The van der Waals surface area contributed by atoms with Gasteiger partial charge in [-0.1, -0.05) is 34.1 Å². The van der Waals surface area contributed by atoms with Crippen molar-refractivity contribution in [2.75, 3.05) is 14.2 Å². The highest BCUT2D eigenvalue weighted by atomic mass is 79.9. The lowest BCUT2D eigenvalue weighted by atomic mass is 10.1. The molecule has 0 atom stereocenters. The Morgan fingerprint density at radius 2 is 1.68 bits per heavy atom. The molecule has 0 aliphatic heterocycles. The Morgan fingerprint density at radius 1 is 1.05 bits per heavy atom. The van der Waals surface area contributed by atoms with Gasteiger partial charge >= 0.3 is 0 Å². The van der Waals surface area contributed by atoms with E-state index in [1.165, 1.54) is 0 Å². The Kier molecular flexibility index (Phi) is 6.17. The SMILES string of the molecule is COc1cc(Br)c(CSCc2ccccc2C#N)cc1OC.